The molecule has 1 spiro atoms. The monoisotopic (exact) mass is 1210 g/mol. The molecule has 0 radical (unpaired) electrons. The van der Waals surface area contributed by atoms with Gasteiger partial charge in [0.05, 0.1) is 92.3 Å². The number of benzene rings is 5. The number of amides is 1. The number of phenols is 2. The van der Waals surface area contributed by atoms with Crippen molar-refractivity contribution < 1.29 is 57.8 Å². The van der Waals surface area contributed by atoms with Crippen molar-refractivity contribution in [2.75, 3.05) is 89.8 Å². The summed E-state index contributed by atoms with van der Waals surface area (Å²) in [5.74, 6) is -0.353. The first kappa shape index (κ1) is 57.0. The number of nitrogens with two attached hydrogens (primary N) is 1. The van der Waals surface area contributed by atoms with E-state index >= 15 is 0 Å². The second kappa shape index (κ2) is 25.6. The molecule has 1 amide bonds. The van der Waals surface area contributed by atoms with Crippen LogP contribution in [-0.2, 0) is 47.0 Å². The van der Waals surface area contributed by atoms with Crippen molar-refractivity contribution in [1.29, 1.82) is 0 Å². The fraction of sp³-hybridized carbons (Fsp3) is 0.373. The number of fused-ring (bicyclic) bond motifs is 7. The average molecular weight is 1210 g/mol. The Hall–Kier alpha value is -6.66. The lowest BCUT2D eigenvalue weighted by Gasteiger charge is -2.36. The van der Waals surface area contributed by atoms with Gasteiger partial charge < -0.3 is 64.6 Å². The number of nitrogens with one attached hydrogen (secondary N) is 2. The van der Waals surface area contributed by atoms with Gasteiger partial charge in [0.25, 0.3) is 5.91 Å². The van der Waals surface area contributed by atoms with Crippen molar-refractivity contribution in [3.63, 3.8) is 0 Å². The Kier molecular flexibility index (Phi) is 18.5. The number of hydrogen-bond acceptors (Lipinski definition) is 15. The summed E-state index contributed by atoms with van der Waals surface area (Å²) in [6, 6.07) is 28.4. The predicted molar refractivity (Wildman–Crippen MR) is 309 cm³/mol. The summed E-state index contributed by atoms with van der Waals surface area (Å²) in [7, 11) is 0. The third-order valence-electron chi connectivity index (χ3n) is 13.8. The van der Waals surface area contributed by atoms with Crippen molar-refractivity contribution >= 4 is 69.0 Å². The van der Waals surface area contributed by atoms with Gasteiger partial charge in [-0.3, -0.25) is 9.59 Å². The Morgan fingerprint density at radius 2 is 1.47 bits per heavy atom. The molecule has 1 aromatic heterocycles. The van der Waals surface area contributed by atoms with Gasteiger partial charge in [-0.25, -0.2) is 9.48 Å². The van der Waals surface area contributed by atoms with E-state index < -0.39 is 17.5 Å². The van der Waals surface area contributed by atoms with Crippen LogP contribution in [0.1, 0.15) is 97.8 Å². The summed E-state index contributed by atoms with van der Waals surface area (Å²) in [6.45, 7) is 11.9. The number of thiocarbonyl (C=S) groups is 1. The number of nitrogens with zero attached hydrogens (tertiary/aromatic N) is 3. The number of ether oxygens (including phenoxy) is 7. The van der Waals surface area contributed by atoms with Crippen LogP contribution in [0, 0.1) is 15.9 Å². The molecule has 79 heavy (non-hydrogen) atoms. The topological polar surface area (TPSA) is 227 Å². The molecule has 20 heteroatoms. The molecule has 416 valence electrons. The number of ketones is 1. The van der Waals surface area contributed by atoms with Crippen LogP contribution in [0.2, 0.25) is 0 Å². The number of para-hydroxylation sites is 1. The molecule has 18 nitrogen and oxygen atoms in total. The molecule has 9 rings (SSSR count). The minimum absolute atomic E-state index is 0.00412. The summed E-state index contributed by atoms with van der Waals surface area (Å²) < 4.78 is 44.0. The van der Waals surface area contributed by atoms with Crippen molar-refractivity contribution in [2.24, 2.45) is 11.1 Å². The lowest BCUT2D eigenvalue weighted by atomic mass is 9.75. The van der Waals surface area contributed by atoms with E-state index in [-0.39, 0.29) is 33.9 Å². The lowest BCUT2D eigenvalue weighted by molar-refractivity contribution is -0.0113. The molecule has 0 bridgehead atoms. The molecule has 1 aliphatic carbocycles. The van der Waals surface area contributed by atoms with E-state index in [0.717, 1.165) is 20.5 Å². The SMILES string of the molecule is Cc1nn(-c2ccc(C(N)=O)c(NCCCOCCOCCOCCOCCOCCCN(Cc3cccc(I)c3)C(=S)Nc3cc4c(cc3O)C3(OC4=O)c4ccccc4Oc4cc(O)ccc43)c2)c2c1C(=O)CC(C)(C)C2. The first-order chi connectivity index (χ1) is 38.1. The summed E-state index contributed by atoms with van der Waals surface area (Å²) in [4.78, 5) is 41.0. The molecule has 5 aromatic carbocycles. The minimum Gasteiger partial charge on any atom is -0.508 e. The normalized spacial score (nSPS) is 15.6. The number of halogens is 1. The smallest absolute Gasteiger partial charge is 0.340 e. The second-order valence-electron chi connectivity index (χ2n) is 20.3. The number of aromatic nitrogens is 2. The van der Waals surface area contributed by atoms with Crippen LogP contribution in [0.25, 0.3) is 5.69 Å². The predicted octanol–water partition coefficient (Wildman–Crippen LogP) is 9.19. The zero-order chi connectivity index (χ0) is 55.7. The summed E-state index contributed by atoms with van der Waals surface area (Å²) in [5, 5.41) is 33.4. The van der Waals surface area contributed by atoms with E-state index in [9.17, 15) is 24.6 Å². The van der Waals surface area contributed by atoms with Gasteiger partial charge in [-0.05, 0) is 133 Å². The van der Waals surface area contributed by atoms with E-state index in [1.165, 1.54) is 18.2 Å². The quantitative estimate of drug-likeness (QED) is 0.0112. The van der Waals surface area contributed by atoms with Crippen LogP contribution in [0.4, 0.5) is 11.4 Å². The maximum atomic E-state index is 13.8. The van der Waals surface area contributed by atoms with Crippen molar-refractivity contribution in [1.82, 2.24) is 14.7 Å². The van der Waals surface area contributed by atoms with Crippen LogP contribution < -0.4 is 21.1 Å². The first-order valence-corrected chi connectivity index (χ1v) is 27.8. The van der Waals surface area contributed by atoms with Crippen LogP contribution in [-0.4, -0.2) is 127 Å². The third kappa shape index (κ3) is 13.3. The molecule has 6 aromatic rings. The average Bonchev–Trinajstić information content (AvgIpc) is 3.57. The summed E-state index contributed by atoms with van der Waals surface area (Å²) >= 11 is 8.23. The molecule has 1 unspecified atom stereocenters. The molecule has 0 saturated heterocycles. The number of aromatic hydroxyl groups is 2. The molecule has 2 aliphatic heterocycles. The zero-order valence-electron chi connectivity index (χ0n) is 44.4. The van der Waals surface area contributed by atoms with Crippen LogP contribution in [0.3, 0.4) is 0 Å². The fourth-order valence-electron chi connectivity index (χ4n) is 10.2. The largest absolute Gasteiger partial charge is 0.508 e. The van der Waals surface area contributed by atoms with Crippen LogP contribution >= 0.6 is 34.8 Å². The second-order valence-corrected chi connectivity index (χ2v) is 21.9. The zero-order valence-corrected chi connectivity index (χ0v) is 47.4. The Morgan fingerprint density at radius 1 is 0.785 bits per heavy atom. The fourth-order valence-corrected chi connectivity index (χ4v) is 11.1. The van der Waals surface area contributed by atoms with Gasteiger partial charge in [-0.1, -0.05) is 44.2 Å². The number of anilines is 2. The maximum absolute atomic E-state index is 13.8. The van der Waals surface area contributed by atoms with E-state index in [2.05, 4.69) is 53.1 Å². The number of carbonyl (C=O) groups is 3. The Balaban J connectivity index is 0.648. The van der Waals surface area contributed by atoms with Crippen molar-refractivity contribution in [3.05, 3.63) is 151 Å². The number of hydrogen-bond donors (Lipinski definition) is 5. The van der Waals surface area contributed by atoms with Crippen LogP contribution in [0.5, 0.6) is 23.0 Å². The van der Waals surface area contributed by atoms with Crippen molar-refractivity contribution in [2.45, 2.75) is 58.6 Å². The molecule has 3 aliphatic rings. The Bertz CT molecular complexity index is 3220. The van der Waals surface area contributed by atoms with E-state index in [0.29, 0.717) is 167 Å². The Labute approximate surface area is 477 Å². The molecule has 1 atom stereocenters. The van der Waals surface area contributed by atoms with Gasteiger partial charge in [-0.15, -0.1) is 0 Å². The number of phenolic OH excluding ortho intramolecular Hbond substituents is 2. The highest BCUT2D eigenvalue weighted by molar-refractivity contribution is 14.1. The van der Waals surface area contributed by atoms with Crippen molar-refractivity contribution in [3.8, 4) is 28.7 Å². The van der Waals surface area contributed by atoms with Gasteiger partial charge in [-0.2, -0.15) is 5.10 Å². The molecule has 0 fully saturated rings. The number of Topliss-reactive ketones (excluding diaryl/α,β-unsaturated/α-hetero) is 1. The highest BCUT2D eigenvalue weighted by Crippen LogP contribution is 2.57. The van der Waals surface area contributed by atoms with Gasteiger partial charge in [0.1, 0.15) is 23.0 Å². The molecular weight excluding hydrogens is 1140 g/mol. The van der Waals surface area contributed by atoms with Gasteiger partial charge >= 0.3 is 5.97 Å². The highest BCUT2D eigenvalue weighted by Gasteiger charge is 2.54. The summed E-state index contributed by atoms with van der Waals surface area (Å²) in [5.41, 5.74) is 11.2. The highest BCUT2D eigenvalue weighted by atomic mass is 127. The standard InChI is InChI=1S/C59H65IN6O12S/c1-37-54-49(34-58(2,3)35-51(54)69)66(64-37)40-13-15-42(55(61)70)47(30-40)62-17-7-19-72-21-23-74-25-27-76-28-26-75-24-22-73-20-8-18-65(36-38-9-6-10-39(60)29-38)57(79)63-48-32-43-46(33-50(48)68)59(78-56(43)71)44-11-4-5-12-52(44)77-53-31-41(67)14-16-45(53)59/h4-6,9-16,29-33,62,67-68H,7-8,17-28,34-36H2,1-3H3,(H2,61,70)(H,63,79). The third-order valence-corrected chi connectivity index (χ3v) is 14.9. The molecular formula is C59H65IN6O12S. The van der Waals surface area contributed by atoms with Gasteiger partial charge in [0.15, 0.2) is 16.5 Å². The first-order valence-electron chi connectivity index (χ1n) is 26.3. The number of primary amides is 1. The van der Waals surface area contributed by atoms with Gasteiger partial charge in [0.2, 0.25) is 0 Å². The van der Waals surface area contributed by atoms with E-state index in [1.54, 1.807) is 30.3 Å². The molecule has 0 saturated carbocycles. The number of esters is 1. The Morgan fingerprint density at radius 3 is 2.18 bits per heavy atom. The number of rotatable bonds is 26. The molecule has 3 heterocycles. The molecule has 6 N–H and O–H groups in total. The van der Waals surface area contributed by atoms with Gasteiger partial charge in [0, 0.05) is 71.3 Å². The number of carbonyl (C=O) groups excluding carboxylic acids is 3. The lowest BCUT2D eigenvalue weighted by Crippen LogP contribution is -2.35. The van der Waals surface area contributed by atoms with E-state index in [1.807, 2.05) is 59.0 Å². The number of aryl methyl sites for hydroxylation is 1. The van der Waals surface area contributed by atoms with Crippen LogP contribution in [0.15, 0.2) is 97.1 Å². The van der Waals surface area contributed by atoms with E-state index in [4.69, 9.17) is 56.2 Å². The maximum Gasteiger partial charge on any atom is 0.340 e. The minimum atomic E-state index is -1.42. The summed E-state index contributed by atoms with van der Waals surface area (Å²) in [6.07, 6.45) is 2.53.